The molecule has 1 N–H and O–H groups in total. The fourth-order valence-corrected chi connectivity index (χ4v) is 5.08. The predicted molar refractivity (Wildman–Crippen MR) is 108 cm³/mol. The van der Waals surface area contributed by atoms with E-state index in [-0.39, 0.29) is 17.2 Å². The van der Waals surface area contributed by atoms with Crippen LogP contribution in [-0.4, -0.2) is 75.6 Å². The molecule has 0 radical (unpaired) electrons. The second-order valence-electron chi connectivity index (χ2n) is 8.72. The number of aromatic nitrogens is 2. The Hall–Kier alpha value is -2.06. The highest BCUT2D eigenvalue weighted by atomic mass is 16.3. The van der Waals surface area contributed by atoms with E-state index < -0.39 is 6.23 Å². The van der Waals surface area contributed by atoms with Crippen molar-refractivity contribution in [3.63, 3.8) is 0 Å². The minimum absolute atomic E-state index is 0.119. The van der Waals surface area contributed by atoms with Crippen LogP contribution in [0.5, 0.6) is 0 Å². The van der Waals surface area contributed by atoms with E-state index in [9.17, 15) is 14.7 Å². The molecule has 3 heterocycles. The first kappa shape index (κ1) is 20.2. The second kappa shape index (κ2) is 8.75. The summed E-state index contributed by atoms with van der Waals surface area (Å²) < 4.78 is 0. The SMILES string of the molecule is O=C1CC2(CCCC2)CC(=O)N1[C@H](O)CCCN1CCN(c2ncccn2)CC1. The number of nitrogens with zero attached hydrogens (tertiary/aromatic N) is 5. The molecule has 29 heavy (non-hydrogen) atoms. The third kappa shape index (κ3) is 4.59. The number of likely N-dealkylation sites (tertiary alicyclic amines) is 1. The first-order valence-electron chi connectivity index (χ1n) is 10.8. The van der Waals surface area contributed by atoms with Crippen LogP contribution in [0.4, 0.5) is 5.95 Å². The molecule has 3 fully saturated rings. The van der Waals surface area contributed by atoms with Gasteiger partial charge < -0.3 is 10.0 Å². The average molecular weight is 402 g/mol. The van der Waals surface area contributed by atoms with E-state index in [4.69, 9.17) is 0 Å². The molecule has 1 atom stereocenters. The molecular weight excluding hydrogens is 370 g/mol. The van der Waals surface area contributed by atoms with E-state index in [0.717, 1.165) is 75.7 Å². The molecule has 2 aliphatic heterocycles. The number of anilines is 1. The van der Waals surface area contributed by atoms with Gasteiger partial charge in [-0.05, 0) is 43.7 Å². The van der Waals surface area contributed by atoms with Gasteiger partial charge in [0.25, 0.3) is 0 Å². The summed E-state index contributed by atoms with van der Waals surface area (Å²) in [7, 11) is 0. The molecule has 1 aromatic rings. The van der Waals surface area contributed by atoms with Crippen LogP contribution >= 0.6 is 0 Å². The van der Waals surface area contributed by atoms with E-state index >= 15 is 0 Å². The minimum atomic E-state index is -0.993. The quantitative estimate of drug-likeness (QED) is 0.721. The fourth-order valence-electron chi connectivity index (χ4n) is 5.08. The van der Waals surface area contributed by atoms with E-state index in [1.54, 1.807) is 12.4 Å². The highest BCUT2D eigenvalue weighted by Gasteiger charge is 2.46. The van der Waals surface area contributed by atoms with E-state index in [1.807, 2.05) is 6.07 Å². The highest BCUT2D eigenvalue weighted by molar-refractivity contribution is 5.98. The van der Waals surface area contributed by atoms with Gasteiger partial charge >= 0.3 is 0 Å². The number of rotatable bonds is 6. The Morgan fingerprint density at radius 3 is 2.24 bits per heavy atom. The predicted octanol–water partition coefficient (Wildman–Crippen LogP) is 1.41. The van der Waals surface area contributed by atoms with Crippen molar-refractivity contribution in [3.8, 4) is 0 Å². The molecular formula is C21H31N5O3. The molecule has 2 amide bonds. The summed E-state index contributed by atoms with van der Waals surface area (Å²) >= 11 is 0. The number of aliphatic hydroxyl groups excluding tert-OH is 1. The van der Waals surface area contributed by atoms with Gasteiger partial charge in [-0.25, -0.2) is 9.97 Å². The van der Waals surface area contributed by atoms with Crippen molar-refractivity contribution in [1.29, 1.82) is 0 Å². The zero-order valence-electron chi connectivity index (χ0n) is 17.0. The average Bonchev–Trinajstić information content (AvgIpc) is 3.15. The van der Waals surface area contributed by atoms with Gasteiger partial charge in [-0.3, -0.25) is 19.4 Å². The molecule has 1 aliphatic carbocycles. The van der Waals surface area contributed by atoms with Gasteiger partial charge in [-0.15, -0.1) is 0 Å². The monoisotopic (exact) mass is 401 g/mol. The van der Waals surface area contributed by atoms with Crippen molar-refractivity contribution in [1.82, 2.24) is 19.8 Å². The number of amides is 2. The van der Waals surface area contributed by atoms with E-state index in [0.29, 0.717) is 19.3 Å². The highest BCUT2D eigenvalue weighted by Crippen LogP contribution is 2.47. The Kier molecular flexibility index (Phi) is 6.10. The lowest BCUT2D eigenvalue weighted by Gasteiger charge is -2.39. The fraction of sp³-hybridized carbons (Fsp3) is 0.714. The van der Waals surface area contributed by atoms with Gasteiger partial charge in [0.15, 0.2) is 0 Å². The van der Waals surface area contributed by atoms with Gasteiger partial charge in [0.2, 0.25) is 17.8 Å². The minimum Gasteiger partial charge on any atom is -0.373 e. The Morgan fingerprint density at radius 2 is 1.62 bits per heavy atom. The molecule has 8 nitrogen and oxygen atoms in total. The van der Waals surface area contributed by atoms with Gasteiger partial charge in [-0.1, -0.05) is 12.8 Å². The van der Waals surface area contributed by atoms with Crippen molar-refractivity contribution >= 4 is 17.8 Å². The molecule has 1 saturated carbocycles. The normalized spacial score (nSPS) is 23.8. The van der Waals surface area contributed by atoms with Gasteiger partial charge in [-0.2, -0.15) is 0 Å². The van der Waals surface area contributed by atoms with E-state index in [1.165, 1.54) is 0 Å². The number of piperazine rings is 1. The lowest BCUT2D eigenvalue weighted by molar-refractivity contribution is -0.165. The number of imide groups is 1. The van der Waals surface area contributed by atoms with Crippen LogP contribution < -0.4 is 4.90 Å². The molecule has 3 aliphatic rings. The molecule has 1 aromatic heterocycles. The lowest BCUT2D eigenvalue weighted by Crippen LogP contribution is -2.52. The Labute approximate surface area is 171 Å². The third-order valence-corrected chi connectivity index (χ3v) is 6.70. The molecule has 1 spiro atoms. The summed E-state index contributed by atoms with van der Waals surface area (Å²) in [6.07, 6.45) is 8.69. The smallest absolute Gasteiger partial charge is 0.231 e. The van der Waals surface area contributed by atoms with Gasteiger partial charge in [0, 0.05) is 51.4 Å². The summed E-state index contributed by atoms with van der Waals surface area (Å²) in [5, 5.41) is 10.5. The van der Waals surface area contributed by atoms with E-state index in [2.05, 4.69) is 19.8 Å². The molecule has 158 valence electrons. The summed E-state index contributed by atoms with van der Waals surface area (Å²) in [5.41, 5.74) is -0.119. The molecule has 2 saturated heterocycles. The number of carbonyl (C=O) groups excluding carboxylic acids is 2. The van der Waals surface area contributed by atoms with Gasteiger partial charge in [0.1, 0.15) is 6.23 Å². The van der Waals surface area contributed by atoms with Crippen molar-refractivity contribution in [2.24, 2.45) is 5.41 Å². The Balaban J connectivity index is 1.20. The number of carbonyl (C=O) groups is 2. The third-order valence-electron chi connectivity index (χ3n) is 6.70. The topological polar surface area (TPSA) is 89.9 Å². The largest absolute Gasteiger partial charge is 0.373 e. The van der Waals surface area contributed by atoms with Gasteiger partial charge in [0.05, 0.1) is 0 Å². The summed E-state index contributed by atoms with van der Waals surface area (Å²) in [5.74, 6) is 0.393. The van der Waals surface area contributed by atoms with Crippen LogP contribution in [0.1, 0.15) is 51.4 Å². The van der Waals surface area contributed by atoms with Crippen molar-refractivity contribution in [3.05, 3.63) is 18.5 Å². The standard InChI is InChI=1S/C21H31N5O3/c27-17(26-18(28)15-21(16-19(26)29)6-1-2-7-21)5-3-10-24-11-13-25(14-12-24)20-22-8-4-9-23-20/h4,8-9,17,27H,1-3,5-7,10-16H2/t17-/m1/s1. The van der Waals surface area contributed by atoms with Crippen LogP contribution in [-0.2, 0) is 9.59 Å². The molecule has 4 rings (SSSR count). The number of aliphatic hydroxyl groups is 1. The zero-order valence-corrected chi connectivity index (χ0v) is 17.0. The van der Waals surface area contributed by atoms with Crippen LogP contribution in [0.25, 0.3) is 0 Å². The zero-order chi connectivity index (χ0) is 20.3. The van der Waals surface area contributed by atoms with Crippen molar-refractivity contribution < 1.29 is 14.7 Å². The van der Waals surface area contributed by atoms with Crippen molar-refractivity contribution in [2.45, 2.75) is 57.6 Å². The first-order valence-corrected chi connectivity index (χ1v) is 10.8. The Morgan fingerprint density at radius 1 is 1.00 bits per heavy atom. The maximum atomic E-state index is 12.6. The number of hydrogen-bond donors (Lipinski definition) is 1. The summed E-state index contributed by atoms with van der Waals surface area (Å²) in [4.78, 5) is 39.4. The maximum Gasteiger partial charge on any atom is 0.231 e. The van der Waals surface area contributed by atoms with Crippen molar-refractivity contribution in [2.75, 3.05) is 37.6 Å². The Bertz CT molecular complexity index is 694. The number of piperidine rings is 1. The molecule has 0 bridgehead atoms. The van der Waals surface area contributed by atoms with Crippen LogP contribution in [0, 0.1) is 5.41 Å². The van der Waals surface area contributed by atoms with Crippen LogP contribution in [0.15, 0.2) is 18.5 Å². The summed E-state index contributed by atoms with van der Waals surface area (Å²) in [6.45, 7) is 4.42. The lowest BCUT2D eigenvalue weighted by atomic mass is 9.76. The number of hydrogen-bond acceptors (Lipinski definition) is 7. The van der Waals surface area contributed by atoms with Crippen LogP contribution in [0.2, 0.25) is 0 Å². The molecule has 0 aromatic carbocycles. The molecule has 0 unspecified atom stereocenters. The second-order valence-corrected chi connectivity index (χ2v) is 8.72. The van der Waals surface area contributed by atoms with Crippen LogP contribution in [0.3, 0.4) is 0 Å². The maximum absolute atomic E-state index is 12.6. The summed E-state index contributed by atoms with van der Waals surface area (Å²) in [6, 6.07) is 1.82. The molecule has 8 heteroatoms. The first-order chi connectivity index (χ1) is 14.1.